The van der Waals surface area contributed by atoms with E-state index in [1.54, 1.807) is 6.92 Å². The van der Waals surface area contributed by atoms with Crippen molar-refractivity contribution in [1.82, 2.24) is 10.2 Å². The highest BCUT2D eigenvalue weighted by atomic mass is 16.4. The molecule has 2 N–H and O–H groups in total. The van der Waals surface area contributed by atoms with Crippen molar-refractivity contribution in [3.8, 4) is 0 Å². The van der Waals surface area contributed by atoms with Crippen molar-refractivity contribution in [1.29, 1.82) is 0 Å². The Kier molecular flexibility index (Phi) is 8.17. The van der Waals surface area contributed by atoms with Crippen molar-refractivity contribution in [2.24, 2.45) is 0 Å². The van der Waals surface area contributed by atoms with Gasteiger partial charge in [-0.1, -0.05) is 32.6 Å². The van der Waals surface area contributed by atoms with E-state index in [9.17, 15) is 9.90 Å². The smallest absolute Gasteiger partial charge is 0.323 e. The number of carboxylic acids is 1. The van der Waals surface area contributed by atoms with Gasteiger partial charge in [0.25, 0.3) is 0 Å². The fourth-order valence-electron chi connectivity index (χ4n) is 1.73. The van der Waals surface area contributed by atoms with Crippen molar-refractivity contribution < 1.29 is 9.90 Å². The Balaban J connectivity index is 4.03. The van der Waals surface area contributed by atoms with E-state index in [0.717, 1.165) is 19.4 Å². The maximum Gasteiger partial charge on any atom is 0.323 e. The molecule has 17 heavy (non-hydrogen) atoms. The SMILES string of the molecule is CCCCCCC(C)(NCCN(C)C)C(=O)O. The summed E-state index contributed by atoms with van der Waals surface area (Å²) in [4.78, 5) is 13.3. The molecular weight excluding hydrogens is 216 g/mol. The molecule has 0 rings (SSSR count). The fraction of sp³-hybridized carbons (Fsp3) is 0.923. The van der Waals surface area contributed by atoms with Gasteiger partial charge in [0.15, 0.2) is 0 Å². The van der Waals surface area contributed by atoms with Crippen molar-refractivity contribution in [3.63, 3.8) is 0 Å². The molecule has 0 heterocycles. The number of nitrogens with zero attached hydrogens (tertiary/aromatic N) is 1. The second kappa shape index (κ2) is 8.48. The van der Waals surface area contributed by atoms with Gasteiger partial charge >= 0.3 is 5.97 Å². The van der Waals surface area contributed by atoms with E-state index < -0.39 is 11.5 Å². The first-order valence-corrected chi connectivity index (χ1v) is 6.55. The molecule has 1 atom stereocenters. The Morgan fingerprint density at radius 3 is 2.41 bits per heavy atom. The first kappa shape index (κ1) is 16.4. The average molecular weight is 244 g/mol. The number of aliphatic carboxylic acids is 1. The van der Waals surface area contributed by atoms with Gasteiger partial charge in [0.05, 0.1) is 0 Å². The summed E-state index contributed by atoms with van der Waals surface area (Å²) in [7, 11) is 3.97. The first-order chi connectivity index (χ1) is 7.92. The predicted molar refractivity (Wildman–Crippen MR) is 71.4 cm³/mol. The van der Waals surface area contributed by atoms with Crippen LogP contribution in [-0.4, -0.2) is 48.7 Å². The zero-order valence-electron chi connectivity index (χ0n) is 11.8. The van der Waals surface area contributed by atoms with E-state index in [1.807, 2.05) is 19.0 Å². The van der Waals surface area contributed by atoms with Crippen LogP contribution >= 0.6 is 0 Å². The van der Waals surface area contributed by atoms with Crippen molar-refractivity contribution in [2.45, 2.75) is 51.5 Å². The average Bonchev–Trinajstić information content (AvgIpc) is 2.23. The molecule has 0 amide bonds. The van der Waals surface area contributed by atoms with E-state index in [0.29, 0.717) is 13.0 Å². The summed E-state index contributed by atoms with van der Waals surface area (Å²) in [5.41, 5.74) is -0.774. The quantitative estimate of drug-likeness (QED) is 0.577. The number of rotatable bonds is 10. The van der Waals surface area contributed by atoms with Gasteiger partial charge in [-0.05, 0) is 27.4 Å². The Hall–Kier alpha value is -0.610. The molecule has 0 spiro atoms. The number of hydrogen-bond acceptors (Lipinski definition) is 3. The maximum atomic E-state index is 11.3. The topological polar surface area (TPSA) is 52.6 Å². The van der Waals surface area contributed by atoms with Gasteiger partial charge in [-0.25, -0.2) is 0 Å². The van der Waals surface area contributed by atoms with Crippen LogP contribution in [0, 0.1) is 0 Å². The summed E-state index contributed by atoms with van der Waals surface area (Å²) in [5, 5.41) is 12.4. The van der Waals surface area contributed by atoms with E-state index in [2.05, 4.69) is 12.2 Å². The van der Waals surface area contributed by atoms with Crippen LogP contribution in [0.15, 0.2) is 0 Å². The highest BCUT2D eigenvalue weighted by Gasteiger charge is 2.31. The number of carboxylic acid groups (broad SMARTS) is 1. The Bertz CT molecular complexity index is 219. The van der Waals surface area contributed by atoms with Gasteiger partial charge in [0.2, 0.25) is 0 Å². The molecule has 4 nitrogen and oxygen atoms in total. The summed E-state index contributed by atoms with van der Waals surface area (Å²) in [5.74, 6) is -0.743. The van der Waals surface area contributed by atoms with Crippen LogP contribution < -0.4 is 5.32 Å². The molecule has 0 saturated heterocycles. The molecule has 0 aliphatic carbocycles. The van der Waals surface area contributed by atoms with E-state index >= 15 is 0 Å². The Labute approximate surface area is 105 Å². The second-order valence-corrected chi connectivity index (χ2v) is 5.18. The van der Waals surface area contributed by atoms with Crippen LogP contribution in [0.3, 0.4) is 0 Å². The minimum Gasteiger partial charge on any atom is -0.480 e. The van der Waals surface area contributed by atoms with Crippen LogP contribution in [-0.2, 0) is 4.79 Å². The third-order valence-electron chi connectivity index (χ3n) is 3.08. The van der Waals surface area contributed by atoms with Gasteiger partial charge in [-0.3, -0.25) is 4.79 Å². The third-order valence-corrected chi connectivity index (χ3v) is 3.08. The molecule has 0 aromatic heterocycles. The third kappa shape index (κ3) is 7.34. The minimum atomic E-state index is -0.774. The summed E-state index contributed by atoms with van der Waals surface area (Å²) in [6, 6.07) is 0. The molecule has 4 heteroatoms. The van der Waals surface area contributed by atoms with Crippen LogP contribution in [0.25, 0.3) is 0 Å². The number of unbranched alkanes of at least 4 members (excludes halogenated alkanes) is 3. The minimum absolute atomic E-state index is 0.704. The first-order valence-electron chi connectivity index (χ1n) is 6.55. The second-order valence-electron chi connectivity index (χ2n) is 5.18. The van der Waals surface area contributed by atoms with Gasteiger partial charge in [-0.15, -0.1) is 0 Å². The van der Waals surface area contributed by atoms with E-state index in [4.69, 9.17) is 0 Å². The van der Waals surface area contributed by atoms with Gasteiger partial charge < -0.3 is 15.3 Å². The lowest BCUT2D eigenvalue weighted by atomic mass is 9.94. The monoisotopic (exact) mass is 244 g/mol. The molecule has 0 aliphatic heterocycles. The van der Waals surface area contributed by atoms with Crippen LogP contribution in [0.1, 0.15) is 46.0 Å². The number of nitrogens with one attached hydrogen (secondary N) is 1. The van der Waals surface area contributed by atoms with Crippen LogP contribution in [0.4, 0.5) is 0 Å². The molecule has 0 aromatic carbocycles. The molecule has 0 fully saturated rings. The summed E-state index contributed by atoms with van der Waals surface area (Å²) >= 11 is 0. The number of carbonyl (C=O) groups is 1. The van der Waals surface area contributed by atoms with Gasteiger partial charge in [0.1, 0.15) is 5.54 Å². The summed E-state index contributed by atoms with van der Waals surface area (Å²) in [6.07, 6.45) is 5.17. The Morgan fingerprint density at radius 2 is 1.94 bits per heavy atom. The standard InChI is InChI=1S/C13H28N2O2/c1-5-6-7-8-9-13(2,12(16)17)14-10-11-15(3)4/h14H,5-11H2,1-4H3,(H,16,17). The van der Waals surface area contributed by atoms with Crippen molar-refractivity contribution in [2.75, 3.05) is 27.2 Å². The van der Waals surface area contributed by atoms with Crippen LogP contribution in [0.5, 0.6) is 0 Å². The zero-order valence-corrected chi connectivity index (χ0v) is 11.8. The number of likely N-dealkylation sites (N-methyl/N-ethyl adjacent to an activating group) is 1. The molecule has 0 bridgehead atoms. The van der Waals surface area contributed by atoms with Crippen molar-refractivity contribution in [3.05, 3.63) is 0 Å². The summed E-state index contributed by atoms with van der Waals surface area (Å²) in [6.45, 7) is 5.52. The van der Waals surface area contributed by atoms with E-state index in [-0.39, 0.29) is 0 Å². The molecule has 0 aliphatic rings. The molecule has 0 aromatic rings. The summed E-state index contributed by atoms with van der Waals surface area (Å²) < 4.78 is 0. The van der Waals surface area contributed by atoms with Gasteiger partial charge in [-0.2, -0.15) is 0 Å². The van der Waals surface area contributed by atoms with Crippen molar-refractivity contribution >= 4 is 5.97 Å². The largest absolute Gasteiger partial charge is 0.480 e. The normalized spacial score (nSPS) is 14.9. The highest BCUT2D eigenvalue weighted by Crippen LogP contribution is 2.15. The lowest BCUT2D eigenvalue weighted by Crippen LogP contribution is -2.51. The molecule has 0 saturated carbocycles. The fourth-order valence-corrected chi connectivity index (χ4v) is 1.73. The highest BCUT2D eigenvalue weighted by molar-refractivity contribution is 5.78. The van der Waals surface area contributed by atoms with E-state index in [1.165, 1.54) is 12.8 Å². The lowest BCUT2D eigenvalue weighted by Gasteiger charge is -2.27. The predicted octanol–water partition coefficient (Wildman–Crippen LogP) is 1.95. The molecule has 1 unspecified atom stereocenters. The zero-order chi connectivity index (χ0) is 13.3. The molecule has 0 radical (unpaired) electrons. The lowest BCUT2D eigenvalue weighted by molar-refractivity contribution is -0.144. The molecule has 102 valence electrons. The van der Waals surface area contributed by atoms with Crippen LogP contribution in [0.2, 0.25) is 0 Å². The number of hydrogen-bond donors (Lipinski definition) is 2. The molecular formula is C13H28N2O2. The Morgan fingerprint density at radius 1 is 1.29 bits per heavy atom. The van der Waals surface area contributed by atoms with Gasteiger partial charge in [0, 0.05) is 13.1 Å². The maximum absolute atomic E-state index is 11.3.